The molecule has 2 aromatic heterocycles. The first-order valence-electron chi connectivity index (χ1n) is 6.99. The van der Waals surface area contributed by atoms with E-state index in [4.69, 9.17) is 6.42 Å². The van der Waals surface area contributed by atoms with Gasteiger partial charge in [-0.3, -0.25) is 14.3 Å². The van der Waals surface area contributed by atoms with Crippen LogP contribution in [0.15, 0.2) is 42.3 Å². The lowest BCUT2D eigenvalue weighted by atomic mass is 10.2. The minimum Gasteiger partial charge on any atom is -0.344 e. The molecule has 0 saturated carbocycles. The summed E-state index contributed by atoms with van der Waals surface area (Å²) in [6, 6.07) is 3.72. The summed E-state index contributed by atoms with van der Waals surface area (Å²) in [6.07, 6.45) is 10.3. The Balaban J connectivity index is 2.23. The Labute approximate surface area is 139 Å². The highest BCUT2D eigenvalue weighted by atomic mass is 32.2. The number of rotatable bonds is 7. The van der Waals surface area contributed by atoms with Gasteiger partial charge < -0.3 is 5.32 Å². The summed E-state index contributed by atoms with van der Waals surface area (Å²) in [5.74, 6) is 2.96. The van der Waals surface area contributed by atoms with Gasteiger partial charge >= 0.3 is 0 Å². The zero-order valence-corrected chi connectivity index (χ0v) is 13.6. The third-order valence-corrected chi connectivity index (χ3v) is 4.06. The summed E-state index contributed by atoms with van der Waals surface area (Å²) in [4.78, 5) is 15.9. The SMILES string of the molecule is C#CCNC(=O)C(C)Sc1nnc(-c2ccncc2)n1CC=C. The summed E-state index contributed by atoms with van der Waals surface area (Å²) in [6.45, 7) is 6.33. The monoisotopic (exact) mass is 327 g/mol. The van der Waals surface area contributed by atoms with Crippen molar-refractivity contribution >= 4 is 17.7 Å². The van der Waals surface area contributed by atoms with Gasteiger partial charge in [0.05, 0.1) is 11.8 Å². The molecule has 1 atom stereocenters. The molecule has 0 aliphatic heterocycles. The number of amides is 1. The standard InChI is InChI=1S/C16H17N5OS/c1-4-8-18-15(22)12(3)23-16-20-19-14(21(16)11-5-2)13-6-9-17-10-7-13/h1,5-7,9-10,12H,2,8,11H2,3H3,(H,18,22). The zero-order valence-electron chi connectivity index (χ0n) is 12.8. The number of thioether (sulfide) groups is 1. The van der Waals surface area contributed by atoms with E-state index in [2.05, 4.69) is 33.0 Å². The lowest BCUT2D eigenvalue weighted by Gasteiger charge is -2.11. The van der Waals surface area contributed by atoms with Crippen molar-refractivity contribution in [1.82, 2.24) is 25.1 Å². The van der Waals surface area contributed by atoms with Gasteiger partial charge in [-0.25, -0.2) is 0 Å². The number of nitrogens with one attached hydrogen (secondary N) is 1. The molecule has 0 saturated heterocycles. The van der Waals surface area contributed by atoms with Gasteiger partial charge in [-0.2, -0.15) is 0 Å². The van der Waals surface area contributed by atoms with Crippen molar-refractivity contribution in [2.75, 3.05) is 6.54 Å². The average Bonchev–Trinajstić information content (AvgIpc) is 2.96. The second-order valence-electron chi connectivity index (χ2n) is 4.62. The van der Waals surface area contributed by atoms with Crippen molar-refractivity contribution in [3.63, 3.8) is 0 Å². The zero-order chi connectivity index (χ0) is 16.7. The molecule has 2 rings (SSSR count). The van der Waals surface area contributed by atoms with E-state index in [9.17, 15) is 4.79 Å². The van der Waals surface area contributed by atoms with Crippen molar-refractivity contribution in [3.05, 3.63) is 37.2 Å². The van der Waals surface area contributed by atoms with Gasteiger partial charge in [0.1, 0.15) is 0 Å². The van der Waals surface area contributed by atoms with Crippen LogP contribution in [0, 0.1) is 12.3 Å². The summed E-state index contributed by atoms with van der Waals surface area (Å²) >= 11 is 1.33. The van der Waals surface area contributed by atoms with Crippen molar-refractivity contribution in [1.29, 1.82) is 0 Å². The first-order valence-corrected chi connectivity index (χ1v) is 7.87. The maximum absolute atomic E-state index is 11.9. The number of carbonyl (C=O) groups is 1. The summed E-state index contributed by atoms with van der Waals surface area (Å²) in [5, 5.41) is 11.4. The molecule has 0 aliphatic rings. The Morgan fingerprint density at radius 1 is 1.52 bits per heavy atom. The fourth-order valence-corrected chi connectivity index (χ4v) is 2.76. The minimum absolute atomic E-state index is 0.133. The number of hydrogen-bond acceptors (Lipinski definition) is 5. The Kier molecular flexibility index (Phi) is 5.94. The lowest BCUT2D eigenvalue weighted by Crippen LogP contribution is -2.31. The van der Waals surface area contributed by atoms with Crippen LogP contribution in [0.5, 0.6) is 0 Å². The number of nitrogens with zero attached hydrogens (tertiary/aromatic N) is 4. The van der Waals surface area contributed by atoms with E-state index in [-0.39, 0.29) is 17.7 Å². The first kappa shape index (κ1) is 16.8. The maximum Gasteiger partial charge on any atom is 0.234 e. The number of terminal acetylenes is 1. The van der Waals surface area contributed by atoms with Crippen LogP contribution >= 0.6 is 11.8 Å². The smallest absolute Gasteiger partial charge is 0.234 e. The van der Waals surface area contributed by atoms with Crippen molar-refractivity contribution in [3.8, 4) is 23.7 Å². The van der Waals surface area contributed by atoms with E-state index in [1.54, 1.807) is 25.4 Å². The second-order valence-corrected chi connectivity index (χ2v) is 5.93. The minimum atomic E-state index is -0.332. The van der Waals surface area contributed by atoms with E-state index in [1.807, 2.05) is 16.7 Å². The largest absolute Gasteiger partial charge is 0.344 e. The Bertz CT molecular complexity index is 720. The number of pyridine rings is 1. The predicted octanol–water partition coefficient (Wildman–Crippen LogP) is 1.76. The molecule has 1 amide bonds. The van der Waals surface area contributed by atoms with Crippen LogP contribution in [-0.4, -0.2) is 37.5 Å². The van der Waals surface area contributed by atoms with Crippen molar-refractivity contribution in [2.24, 2.45) is 0 Å². The van der Waals surface area contributed by atoms with Crippen molar-refractivity contribution in [2.45, 2.75) is 23.9 Å². The van der Waals surface area contributed by atoms with Crippen LogP contribution in [0.25, 0.3) is 11.4 Å². The van der Waals surface area contributed by atoms with Crippen LogP contribution in [0.3, 0.4) is 0 Å². The fourth-order valence-electron chi connectivity index (χ4n) is 1.88. The molecule has 1 unspecified atom stereocenters. The quantitative estimate of drug-likeness (QED) is 0.476. The molecule has 0 spiro atoms. The topological polar surface area (TPSA) is 72.7 Å². The third-order valence-electron chi connectivity index (χ3n) is 2.98. The van der Waals surface area contributed by atoms with Crippen LogP contribution in [0.4, 0.5) is 0 Å². The number of allylic oxidation sites excluding steroid dienone is 1. The van der Waals surface area contributed by atoms with Gasteiger partial charge in [-0.1, -0.05) is 23.8 Å². The highest BCUT2D eigenvalue weighted by molar-refractivity contribution is 8.00. The molecular weight excluding hydrogens is 310 g/mol. The van der Waals surface area contributed by atoms with E-state index in [0.717, 1.165) is 5.56 Å². The molecule has 0 radical (unpaired) electrons. The molecule has 118 valence electrons. The summed E-state index contributed by atoms with van der Waals surface area (Å²) in [5.41, 5.74) is 0.908. The van der Waals surface area contributed by atoms with Crippen LogP contribution in [-0.2, 0) is 11.3 Å². The molecule has 2 aromatic rings. The van der Waals surface area contributed by atoms with E-state index < -0.39 is 0 Å². The molecule has 23 heavy (non-hydrogen) atoms. The molecule has 0 bridgehead atoms. The van der Waals surface area contributed by atoms with E-state index in [1.165, 1.54) is 11.8 Å². The highest BCUT2D eigenvalue weighted by Crippen LogP contribution is 2.26. The van der Waals surface area contributed by atoms with Crippen LogP contribution < -0.4 is 5.32 Å². The molecule has 0 fully saturated rings. The van der Waals surface area contributed by atoms with Gasteiger partial charge in [0.2, 0.25) is 5.91 Å². The van der Waals surface area contributed by atoms with Crippen molar-refractivity contribution < 1.29 is 4.79 Å². The number of hydrogen-bond donors (Lipinski definition) is 1. The third kappa shape index (κ3) is 4.20. The Morgan fingerprint density at radius 3 is 2.91 bits per heavy atom. The summed E-state index contributed by atoms with van der Waals surface area (Å²) < 4.78 is 1.91. The predicted molar refractivity (Wildman–Crippen MR) is 90.6 cm³/mol. The van der Waals surface area contributed by atoms with Gasteiger partial charge in [0.25, 0.3) is 0 Å². The van der Waals surface area contributed by atoms with Crippen LogP contribution in [0.2, 0.25) is 0 Å². The first-order chi connectivity index (χ1) is 11.2. The molecule has 2 heterocycles. The fraction of sp³-hybridized carbons (Fsp3) is 0.250. The van der Waals surface area contributed by atoms with Gasteiger partial charge in [0, 0.05) is 24.5 Å². The Morgan fingerprint density at radius 2 is 2.26 bits per heavy atom. The molecule has 1 N–H and O–H groups in total. The van der Waals surface area contributed by atoms with Gasteiger partial charge in [-0.05, 0) is 19.1 Å². The number of carbonyl (C=O) groups excluding carboxylic acids is 1. The molecular formula is C16H17N5OS. The molecule has 7 heteroatoms. The number of aromatic nitrogens is 4. The lowest BCUT2D eigenvalue weighted by molar-refractivity contribution is -0.120. The summed E-state index contributed by atoms with van der Waals surface area (Å²) in [7, 11) is 0. The maximum atomic E-state index is 11.9. The molecule has 6 nitrogen and oxygen atoms in total. The van der Waals surface area contributed by atoms with Crippen LogP contribution in [0.1, 0.15) is 6.92 Å². The molecule has 0 aromatic carbocycles. The normalized spacial score (nSPS) is 11.5. The second kappa shape index (κ2) is 8.15. The van der Waals surface area contributed by atoms with E-state index >= 15 is 0 Å². The Hall–Kier alpha value is -2.59. The average molecular weight is 327 g/mol. The van der Waals surface area contributed by atoms with Gasteiger partial charge in [-0.15, -0.1) is 23.2 Å². The molecule has 0 aliphatic carbocycles. The van der Waals surface area contributed by atoms with E-state index in [0.29, 0.717) is 17.5 Å². The van der Waals surface area contributed by atoms with Gasteiger partial charge in [0.15, 0.2) is 11.0 Å². The highest BCUT2D eigenvalue weighted by Gasteiger charge is 2.20.